The van der Waals surface area contributed by atoms with Crippen LogP contribution in [0.3, 0.4) is 0 Å². The van der Waals surface area contributed by atoms with Crippen molar-refractivity contribution in [3.63, 3.8) is 0 Å². The van der Waals surface area contributed by atoms with E-state index in [4.69, 9.17) is 22.1 Å². The van der Waals surface area contributed by atoms with Gasteiger partial charge in [0.05, 0.1) is 17.2 Å². The monoisotopic (exact) mass is 512 g/mol. The minimum absolute atomic E-state index is 0.0831. The zero-order valence-electron chi connectivity index (χ0n) is 18.1. The van der Waals surface area contributed by atoms with Gasteiger partial charge in [0.1, 0.15) is 20.5 Å². The Balaban J connectivity index is 1.82. The number of carbonyl (C=O) groups excluding carboxylic acids is 1. The van der Waals surface area contributed by atoms with Crippen LogP contribution in [0.5, 0.6) is 5.75 Å². The smallest absolute Gasteiger partial charge is 0.211 e. The van der Waals surface area contributed by atoms with Crippen molar-refractivity contribution in [1.29, 1.82) is 0 Å². The second-order valence-corrected chi connectivity index (χ2v) is 10.6. The summed E-state index contributed by atoms with van der Waals surface area (Å²) in [6.07, 6.45) is 0. The van der Waals surface area contributed by atoms with E-state index in [1.165, 1.54) is 12.1 Å². The zero-order chi connectivity index (χ0) is 24.3. The van der Waals surface area contributed by atoms with E-state index in [1.54, 1.807) is 66.7 Å². The van der Waals surface area contributed by atoms with Crippen LogP contribution in [0, 0.1) is 0 Å². The third-order valence-electron chi connectivity index (χ3n) is 4.96. The topological polar surface area (TPSA) is 98.5 Å². The summed E-state index contributed by atoms with van der Waals surface area (Å²) in [6.45, 7) is 2.42. The number of hydrogen-bond donors (Lipinski definition) is 2. The molecule has 0 amide bonds. The van der Waals surface area contributed by atoms with Crippen molar-refractivity contribution in [1.82, 2.24) is 0 Å². The number of thiophene rings is 1. The van der Waals surface area contributed by atoms with Crippen molar-refractivity contribution in [2.45, 2.75) is 16.7 Å². The molecule has 0 spiro atoms. The molecule has 4 aromatic rings. The first-order chi connectivity index (χ1) is 16.3. The number of carbonyl (C=O) groups is 1. The number of sulfone groups is 1. The highest BCUT2D eigenvalue weighted by Crippen LogP contribution is 2.44. The van der Waals surface area contributed by atoms with Crippen LogP contribution in [-0.2, 0) is 9.84 Å². The Bertz CT molecular complexity index is 1420. The summed E-state index contributed by atoms with van der Waals surface area (Å²) >= 11 is 6.94. The third kappa shape index (κ3) is 4.79. The maximum absolute atomic E-state index is 13.6. The molecule has 34 heavy (non-hydrogen) atoms. The van der Waals surface area contributed by atoms with Gasteiger partial charge in [0.25, 0.3) is 0 Å². The fourth-order valence-corrected chi connectivity index (χ4v) is 6.41. The van der Waals surface area contributed by atoms with Crippen molar-refractivity contribution >= 4 is 54.9 Å². The highest BCUT2D eigenvalue weighted by molar-refractivity contribution is 7.92. The molecule has 0 unspecified atom stereocenters. The summed E-state index contributed by atoms with van der Waals surface area (Å²) in [5, 5.41) is 3.86. The van der Waals surface area contributed by atoms with Gasteiger partial charge >= 0.3 is 0 Å². The molecule has 4 rings (SSSR count). The zero-order valence-corrected chi connectivity index (χ0v) is 20.5. The third-order valence-corrected chi connectivity index (χ3v) is 8.31. The van der Waals surface area contributed by atoms with Gasteiger partial charge in [-0.25, -0.2) is 8.42 Å². The SMILES string of the molecule is CCOc1ccc(Nc2sc(C(=O)c3ccc(Cl)cc3)c(N)c2S(=O)(=O)c2ccccc2)cc1. The molecule has 0 radical (unpaired) electrons. The van der Waals surface area contributed by atoms with E-state index < -0.39 is 9.84 Å². The summed E-state index contributed by atoms with van der Waals surface area (Å²) in [7, 11) is -4.01. The van der Waals surface area contributed by atoms with E-state index in [-0.39, 0.29) is 31.1 Å². The Morgan fingerprint density at radius 3 is 2.26 bits per heavy atom. The van der Waals surface area contributed by atoms with Gasteiger partial charge in [-0.15, -0.1) is 11.3 Å². The van der Waals surface area contributed by atoms with E-state index in [9.17, 15) is 13.2 Å². The average Bonchev–Trinajstić information content (AvgIpc) is 3.17. The normalized spacial score (nSPS) is 11.2. The number of nitrogens with two attached hydrogens (primary N) is 1. The van der Waals surface area contributed by atoms with Crippen LogP contribution in [0.25, 0.3) is 0 Å². The first-order valence-corrected chi connectivity index (χ1v) is 13.0. The molecule has 0 saturated carbocycles. The molecule has 0 aliphatic carbocycles. The van der Waals surface area contributed by atoms with Crippen LogP contribution in [0.15, 0.2) is 88.7 Å². The first kappa shape index (κ1) is 23.8. The number of ether oxygens (including phenoxy) is 1. The molecule has 0 bridgehead atoms. The molecule has 0 aliphatic rings. The summed E-state index contributed by atoms with van der Waals surface area (Å²) in [4.78, 5) is 13.3. The minimum atomic E-state index is -4.01. The molecule has 0 aliphatic heterocycles. The van der Waals surface area contributed by atoms with Gasteiger partial charge in [-0.3, -0.25) is 4.79 Å². The van der Waals surface area contributed by atoms with Gasteiger partial charge in [0.2, 0.25) is 15.6 Å². The van der Waals surface area contributed by atoms with E-state index in [2.05, 4.69) is 5.32 Å². The van der Waals surface area contributed by atoms with E-state index in [0.717, 1.165) is 11.3 Å². The highest BCUT2D eigenvalue weighted by atomic mass is 35.5. The summed E-state index contributed by atoms with van der Waals surface area (Å²) in [6, 6.07) is 21.4. The number of anilines is 3. The van der Waals surface area contributed by atoms with Crippen LogP contribution in [-0.4, -0.2) is 20.8 Å². The molecule has 1 aromatic heterocycles. The summed E-state index contributed by atoms with van der Waals surface area (Å²) in [5.41, 5.74) is 7.22. The fraction of sp³-hybridized carbons (Fsp3) is 0.0800. The molecular weight excluding hydrogens is 492 g/mol. The maximum atomic E-state index is 13.6. The molecule has 174 valence electrons. The quantitative estimate of drug-likeness (QED) is 0.273. The molecular formula is C25H21ClN2O4S2. The van der Waals surface area contributed by atoms with Gasteiger partial charge in [-0.2, -0.15) is 0 Å². The van der Waals surface area contributed by atoms with Gasteiger partial charge in [-0.05, 0) is 67.6 Å². The van der Waals surface area contributed by atoms with Crippen molar-refractivity contribution in [2.24, 2.45) is 0 Å². The Hall–Kier alpha value is -3.33. The first-order valence-electron chi connectivity index (χ1n) is 10.3. The largest absolute Gasteiger partial charge is 0.494 e. The molecule has 9 heteroatoms. The minimum Gasteiger partial charge on any atom is -0.494 e. The number of rotatable bonds is 8. The number of nitrogen functional groups attached to an aromatic ring is 1. The van der Waals surface area contributed by atoms with Crippen molar-refractivity contribution in [2.75, 3.05) is 17.7 Å². The average molecular weight is 513 g/mol. The molecule has 3 aromatic carbocycles. The van der Waals surface area contributed by atoms with E-state index >= 15 is 0 Å². The van der Waals surface area contributed by atoms with Gasteiger partial charge < -0.3 is 15.8 Å². The van der Waals surface area contributed by atoms with Crippen LogP contribution in [0.1, 0.15) is 22.2 Å². The maximum Gasteiger partial charge on any atom is 0.211 e. The lowest BCUT2D eigenvalue weighted by atomic mass is 10.1. The lowest BCUT2D eigenvalue weighted by Crippen LogP contribution is -2.08. The summed E-state index contributed by atoms with van der Waals surface area (Å²) in [5.74, 6) is 0.304. The lowest BCUT2D eigenvalue weighted by molar-refractivity contribution is 0.104. The Morgan fingerprint density at radius 2 is 1.65 bits per heavy atom. The highest BCUT2D eigenvalue weighted by Gasteiger charge is 2.31. The van der Waals surface area contributed by atoms with Crippen molar-refractivity contribution in [3.05, 3.63) is 94.3 Å². The van der Waals surface area contributed by atoms with Gasteiger partial charge in [0, 0.05) is 16.3 Å². The Morgan fingerprint density at radius 1 is 1.00 bits per heavy atom. The van der Waals surface area contributed by atoms with Crippen LogP contribution in [0.4, 0.5) is 16.4 Å². The number of nitrogens with one attached hydrogen (secondary N) is 1. The van der Waals surface area contributed by atoms with E-state index in [0.29, 0.717) is 28.6 Å². The van der Waals surface area contributed by atoms with Gasteiger partial charge in [-0.1, -0.05) is 29.8 Å². The predicted molar refractivity (Wildman–Crippen MR) is 136 cm³/mol. The lowest BCUT2D eigenvalue weighted by Gasteiger charge is -2.10. The van der Waals surface area contributed by atoms with Crippen molar-refractivity contribution in [3.8, 4) is 5.75 Å². The predicted octanol–water partition coefficient (Wildman–Crippen LogP) is 6.19. The number of hydrogen-bond acceptors (Lipinski definition) is 7. The molecule has 3 N–H and O–H groups in total. The molecule has 0 atom stereocenters. The van der Waals surface area contributed by atoms with Crippen LogP contribution >= 0.6 is 22.9 Å². The van der Waals surface area contributed by atoms with Crippen molar-refractivity contribution < 1.29 is 17.9 Å². The molecule has 0 fully saturated rings. The van der Waals surface area contributed by atoms with Crippen LogP contribution < -0.4 is 15.8 Å². The second kappa shape index (κ2) is 9.89. The molecule has 1 heterocycles. The van der Waals surface area contributed by atoms with Crippen LogP contribution in [0.2, 0.25) is 5.02 Å². The summed E-state index contributed by atoms with van der Waals surface area (Å²) < 4.78 is 32.6. The fourth-order valence-electron chi connectivity index (χ4n) is 3.33. The second-order valence-electron chi connectivity index (χ2n) is 7.24. The van der Waals surface area contributed by atoms with E-state index in [1.807, 2.05) is 6.92 Å². The number of ketones is 1. The molecule has 0 saturated heterocycles. The Labute approximate surface area is 206 Å². The Kier molecular flexibility index (Phi) is 6.92. The standard InChI is InChI=1S/C25H21ClN2O4S2/c1-2-32-19-14-12-18(13-15-19)28-25-24(34(30,31)20-6-4-3-5-7-20)21(27)23(33-25)22(29)16-8-10-17(26)11-9-16/h3-15,28H,2,27H2,1H3. The molecule has 6 nitrogen and oxygen atoms in total. The number of benzene rings is 3. The number of halogens is 1. The van der Waals surface area contributed by atoms with Gasteiger partial charge in [0.15, 0.2) is 0 Å².